The van der Waals surface area contributed by atoms with E-state index in [9.17, 15) is 13.2 Å². The molecule has 1 aliphatic rings. The summed E-state index contributed by atoms with van der Waals surface area (Å²) in [5.74, 6) is -0.211. The Balaban J connectivity index is 1.94. The average Bonchev–Trinajstić information content (AvgIpc) is 3.21. The first-order valence-corrected chi connectivity index (χ1v) is 11.2. The molecule has 28 heavy (non-hydrogen) atoms. The van der Waals surface area contributed by atoms with Gasteiger partial charge in [0.15, 0.2) is 0 Å². The molecule has 1 saturated carbocycles. The number of halogens is 1. The van der Waals surface area contributed by atoms with Gasteiger partial charge < -0.3 is 4.90 Å². The maximum atomic E-state index is 13.3. The number of benzene rings is 2. The largest absolute Gasteiger partial charge is 0.341 e. The van der Waals surface area contributed by atoms with Crippen molar-refractivity contribution in [2.75, 3.05) is 17.9 Å². The molecule has 1 amide bonds. The number of anilines is 1. The van der Waals surface area contributed by atoms with Crippen molar-refractivity contribution in [1.82, 2.24) is 4.90 Å². The van der Waals surface area contributed by atoms with Crippen LogP contribution >= 0.6 is 11.6 Å². The Morgan fingerprint density at radius 1 is 1.04 bits per heavy atom. The first-order chi connectivity index (χ1) is 13.3. The molecule has 7 heteroatoms. The molecule has 0 aromatic heterocycles. The molecule has 0 saturated heterocycles. The standard InChI is InChI=1S/C21H25ClN2O3S/c1-16-7-13-20(14-8-16)28(26,27)24(19-11-9-17(22)10-12-19)15-21(25)23(2)18-5-3-4-6-18/h7-14,18H,3-6,15H2,1-2H3. The van der Waals surface area contributed by atoms with E-state index in [1.165, 1.54) is 4.31 Å². The molecule has 0 radical (unpaired) electrons. The molecule has 0 unspecified atom stereocenters. The van der Waals surface area contributed by atoms with Crippen molar-refractivity contribution in [3.8, 4) is 0 Å². The van der Waals surface area contributed by atoms with Crippen LogP contribution in [0.15, 0.2) is 53.4 Å². The fraction of sp³-hybridized carbons (Fsp3) is 0.381. The van der Waals surface area contributed by atoms with E-state index >= 15 is 0 Å². The molecule has 0 spiro atoms. The number of amides is 1. The molecule has 0 atom stereocenters. The maximum absolute atomic E-state index is 13.3. The van der Waals surface area contributed by atoms with Gasteiger partial charge in [0.05, 0.1) is 10.6 Å². The van der Waals surface area contributed by atoms with Gasteiger partial charge >= 0.3 is 0 Å². The summed E-state index contributed by atoms with van der Waals surface area (Å²) in [5, 5.41) is 0.505. The van der Waals surface area contributed by atoms with E-state index in [4.69, 9.17) is 11.6 Å². The van der Waals surface area contributed by atoms with Crippen molar-refractivity contribution < 1.29 is 13.2 Å². The highest BCUT2D eigenvalue weighted by atomic mass is 35.5. The Morgan fingerprint density at radius 3 is 2.18 bits per heavy atom. The number of rotatable bonds is 6. The summed E-state index contributed by atoms with van der Waals surface area (Å²) in [4.78, 5) is 14.8. The van der Waals surface area contributed by atoms with Gasteiger partial charge in [0.25, 0.3) is 10.0 Å². The molecule has 5 nitrogen and oxygen atoms in total. The van der Waals surface area contributed by atoms with Crippen LogP contribution in [-0.4, -0.2) is 38.9 Å². The second kappa shape index (κ2) is 8.53. The van der Waals surface area contributed by atoms with E-state index in [2.05, 4.69) is 0 Å². The molecular weight excluding hydrogens is 396 g/mol. The number of aryl methyl sites for hydroxylation is 1. The first kappa shape index (κ1) is 20.7. The third kappa shape index (κ3) is 4.50. The zero-order valence-corrected chi connectivity index (χ0v) is 17.7. The Kier molecular flexibility index (Phi) is 6.30. The minimum absolute atomic E-state index is 0.157. The van der Waals surface area contributed by atoms with Crippen LogP contribution in [0.3, 0.4) is 0 Å². The van der Waals surface area contributed by atoms with Crippen molar-refractivity contribution in [2.24, 2.45) is 0 Å². The van der Waals surface area contributed by atoms with Crippen molar-refractivity contribution in [3.63, 3.8) is 0 Å². The summed E-state index contributed by atoms with van der Waals surface area (Å²) in [6.07, 6.45) is 4.14. The summed E-state index contributed by atoms with van der Waals surface area (Å²) in [5.41, 5.74) is 1.38. The second-order valence-electron chi connectivity index (χ2n) is 7.24. The second-order valence-corrected chi connectivity index (χ2v) is 9.54. The maximum Gasteiger partial charge on any atom is 0.264 e. The number of carbonyl (C=O) groups excluding carboxylic acids is 1. The third-order valence-corrected chi connectivity index (χ3v) is 7.31. The zero-order chi connectivity index (χ0) is 20.3. The molecule has 2 aromatic rings. The van der Waals surface area contributed by atoms with E-state index in [-0.39, 0.29) is 23.4 Å². The topological polar surface area (TPSA) is 57.7 Å². The minimum Gasteiger partial charge on any atom is -0.341 e. The van der Waals surface area contributed by atoms with Gasteiger partial charge in [-0.05, 0) is 56.2 Å². The fourth-order valence-electron chi connectivity index (χ4n) is 3.49. The van der Waals surface area contributed by atoms with E-state index in [1.54, 1.807) is 60.5 Å². The number of sulfonamides is 1. The Morgan fingerprint density at radius 2 is 1.61 bits per heavy atom. The van der Waals surface area contributed by atoms with Crippen LogP contribution in [0, 0.1) is 6.92 Å². The highest BCUT2D eigenvalue weighted by molar-refractivity contribution is 7.92. The van der Waals surface area contributed by atoms with Gasteiger partial charge in [-0.2, -0.15) is 0 Å². The summed E-state index contributed by atoms with van der Waals surface area (Å²) in [7, 11) is -2.13. The van der Waals surface area contributed by atoms with Crippen LogP contribution in [0.4, 0.5) is 5.69 Å². The molecule has 1 aliphatic carbocycles. The highest BCUT2D eigenvalue weighted by Gasteiger charge is 2.30. The van der Waals surface area contributed by atoms with Gasteiger partial charge in [0.2, 0.25) is 5.91 Å². The third-order valence-electron chi connectivity index (χ3n) is 5.27. The quantitative estimate of drug-likeness (QED) is 0.702. The lowest BCUT2D eigenvalue weighted by molar-refractivity contribution is -0.130. The number of carbonyl (C=O) groups is 1. The van der Waals surface area contributed by atoms with Gasteiger partial charge in [0, 0.05) is 18.1 Å². The van der Waals surface area contributed by atoms with Gasteiger partial charge in [-0.25, -0.2) is 8.42 Å². The Labute approximate surface area is 172 Å². The normalized spacial score (nSPS) is 14.8. The van der Waals surface area contributed by atoms with Crippen molar-refractivity contribution in [1.29, 1.82) is 0 Å². The number of hydrogen-bond donors (Lipinski definition) is 0. The molecule has 3 rings (SSSR count). The van der Waals surface area contributed by atoms with E-state index in [0.29, 0.717) is 10.7 Å². The molecule has 0 N–H and O–H groups in total. The number of likely N-dealkylation sites (N-methyl/N-ethyl adjacent to an activating group) is 1. The molecule has 0 aliphatic heterocycles. The highest BCUT2D eigenvalue weighted by Crippen LogP contribution is 2.27. The van der Waals surface area contributed by atoms with Crippen LogP contribution in [-0.2, 0) is 14.8 Å². The smallest absolute Gasteiger partial charge is 0.264 e. The molecule has 1 fully saturated rings. The van der Waals surface area contributed by atoms with Crippen molar-refractivity contribution in [2.45, 2.75) is 43.5 Å². The Bertz CT molecular complexity index is 921. The van der Waals surface area contributed by atoms with Gasteiger partial charge in [-0.3, -0.25) is 9.10 Å². The summed E-state index contributed by atoms with van der Waals surface area (Å²) < 4.78 is 27.8. The van der Waals surface area contributed by atoms with Gasteiger partial charge in [-0.1, -0.05) is 42.1 Å². The van der Waals surface area contributed by atoms with Crippen LogP contribution in [0.25, 0.3) is 0 Å². The molecular formula is C21H25ClN2O3S. The van der Waals surface area contributed by atoms with Crippen LogP contribution in [0.5, 0.6) is 0 Å². The van der Waals surface area contributed by atoms with E-state index in [0.717, 1.165) is 31.2 Å². The van der Waals surface area contributed by atoms with E-state index in [1.807, 2.05) is 6.92 Å². The summed E-state index contributed by atoms with van der Waals surface area (Å²) in [6, 6.07) is 13.3. The van der Waals surface area contributed by atoms with Crippen LogP contribution in [0.2, 0.25) is 5.02 Å². The number of nitrogens with zero attached hydrogens (tertiary/aromatic N) is 2. The summed E-state index contributed by atoms with van der Waals surface area (Å²) >= 11 is 5.96. The monoisotopic (exact) mass is 420 g/mol. The Hall–Kier alpha value is -2.05. The lowest BCUT2D eigenvalue weighted by Gasteiger charge is -2.29. The fourth-order valence-corrected chi connectivity index (χ4v) is 5.03. The van der Waals surface area contributed by atoms with Gasteiger partial charge in [0.1, 0.15) is 6.54 Å². The van der Waals surface area contributed by atoms with Gasteiger partial charge in [-0.15, -0.1) is 0 Å². The van der Waals surface area contributed by atoms with Crippen molar-refractivity contribution >= 4 is 33.2 Å². The summed E-state index contributed by atoms with van der Waals surface area (Å²) in [6.45, 7) is 1.65. The molecule has 0 heterocycles. The SMILES string of the molecule is Cc1ccc(S(=O)(=O)N(CC(=O)N(C)C2CCCC2)c2ccc(Cl)cc2)cc1. The lowest BCUT2D eigenvalue weighted by Crippen LogP contribution is -2.44. The van der Waals surface area contributed by atoms with Crippen LogP contribution in [0.1, 0.15) is 31.2 Å². The van der Waals surface area contributed by atoms with E-state index < -0.39 is 10.0 Å². The molecule has 150 valence electrons. The zero-order valence-electron chi connectivity index (χ0n) is 16.1. The minimum atomic E-state index is -3.89. The predicted molar refractivity (Wildman–Crippen MR) is 112 cm³/mol. The first-order valence-electron chi connectivity index (χ1n) is 9.39. The molecule has 2 aromatic carbocycles. The molecule has 0 bridgehead atoms. The van der Waals surface area contributed by atoms with Crippen molar-refractivity contribution in [3.05, 3.63) is 59.1 Å². The van der Waals surface area contributed by atoms with Crippen LogP contribution < -0.4 is 4.31 Å². The lowest BCUT2D eigenvalue weighted by atomic mass is 10.2. The number of hydrogen-bond acceptors (Lipinski definition) is 3. The average molecular weight is 421 g/mol. The predicted octanol–water partition coefficient (Wildman–Crippen LogP) is 4.24.